The van der Waals surface area contributed by atoms with Crippen molar-refractivity contribution in [2.45, 2.75) is 198 Å². The first kappa shape index (κ1) is 69.2. The predicted molar refractivity (Wildman–Crippen MR) is 290 cm³/mol. The molecule has 0 radical (unpaired) electrons. The number of aryl methyl sites for hydroxylation is 1. The van der Waals surface area contributed by atoms with Crippen LogP contribution < -0.4 is 56.4 Å². The van der Waals surface area contributed by atoms with Crippen LogP contribution in [0.25, 0.3) is 0 Å². The molecular weight excluding hydrogens is 1240 g/mol. The van der Waals surface area contributed by atoms with Gasteiger partial charge in [-0.1, -0.05) is 5.21 Å². The molecule has 24 N–H and O–H groups in total. The van der Waals surface area contributed by atoms with Crippen molar-refractivity contribution in [1.82, 2.24) is 34.1 Å². The zero-order valence-corrected chi connectivity index (χ0v) is 49.2. The van der Waals surface area contributed by atoms with Gasteiger partial charge in [0.2, 0.25) is 0 Å². The third-order valence-corrected chi connectivity index (χ3v) is 18.0. The van der Waals surface area contributed by atoms with E-state index in [1.807, 2.05) is 0 Å². The Morgan fingerprint density at radius 2 is 1.25 bits per heavy atom. The lowest BCUT2D eigenvalue weighted by atomic mass is 9.84. The predicted octanol–water partition coefficient (Wildman–Crippen LogP) is -9.41. The van der Waals surface area contributed by atoms with Gasteiger partial charge in [0.05, 0.1) is 62.4 Å². The van der Waals surface area contributed by atoms with E-state index in [9.17, 15) is 64.6 Å². The highest BCUT2D eigenvalue weighted by Crippen LogP contribution is 2.51. The molecule has 8 heterocycles. The molecule has 27 atom stereocenters. The van der Waals surface area contributed by atoms with Crippen LogP contribution in [-0.4, -0.2) is 253 Å². The molecule has 6 aliphatic rings. The smallest absolute Gasteiger partial charge is 0.472 e. The monoisotopic (exact) mass is 1310 g/mol. The van der Waals surface area contributed by atoms with Crippen molar-refractivity contribution in [1.29, 1.82) is 5.41 Å². The Labute approximate surface area is 505 Å². The third-order valence-electron chi connectivity index (χ3n) is 16.0. The highest BCUT2D eigenvalue weighted by Gasteiger charge is 2.55. The zero-order valence-electron chi connectivity index (χ0n) is 47.4. The van der Waals surface area contributed by atoms with Gasteiger partial charge in [-0.2, -0.15) is 4.98 Å². The van der Waals surface area contributed by atoms with Gasteiger partial charge in [0.1, 0.15) is 109 Å². The lowest BCUT2D eigenvalue weighted by molar-refractivity contribution is -0.306. The number of phosphoric ester groups is 2. The van der Waals surface area contributed by atoms with E-state index in [-0.39, 0.29) is 69.7 Å². The van der Waals surface area contributed by atoms with Gasteiger partial charge in [-0.25, -0.2) is 23.6 Å². The van der Waals surface area contributed by atoms with Crippen molar-refractivity contribution < 1.29 is 116 Å². The second-order valence-corrected chi connectivity index (χ2v) is 25.2. The number of unbranched alkanes of at least 4 members (excludes halogenated alkanes) is 1. The van der Waals surface area contributed by atoms with Crippen molar-refractivity contribution in [3.05, 3.63) is 52.4 Å². The molecule has 9 rings (SSSR count). The average molecular weight is 1320 g/mol. The highest BCUT2D eigenvalue weighted by molar-refractivity contribution is 7.47. The SMILES string of the molecule is N=c1ccn([C@H]2C[C@H](O)[C@@H](COP(=O)(O)O[C@H]3C[C@H](n4ccc(N)nc4=O)O[C@@H]3COP(=O)(O)OCCCCc3cn(C[C@H]4O[C@@H](O[C@@H]5[C@@H](O)[C@H](N)C[C@H](N)[C@H]5O[C@H]5O[C@H](CN)[C@@H](O)[C@H](O)[C@H]5N)[C@H](O)[C@@H]4O[C@H]4O[C@@H](CN)[C@@H](O)[C@H](O)[C@H]4N)nn3)O2)c([O-])n1. The maximum Gasteiger partial charge on any atom is 0.472 e. The van der Waals surface area contributed by atoms with Gasteiger partial charge in [-0.3, -0.25) is 28.1 Å². The fourth-order valence-electron chi connectivity index (χ4n) is 11.1. The van der Waals surface area contributed by atoms with Crippen LogP contribution >= 0.6 is 15.6 Å². The molecule has 5 aliphatic heterocycles. The molecule has 0 amide bonds. The number of anilines is 1. The molecule has 89 heavy (non-hydrogen) atoms. The number of nitrogens with one attached hydrogen (secondary N) is 1. The first-order valence-corrected chi connectivity index (χ1v) is 31.4. The second-order valence-electron chi connectivity index (χ2n) is 22.3. The van der Waals surface area contributed by atoms with Gasteiger partial charge >= 0.3 is 21.3 Å². The minimum atomic E-state index is -5.09. The molecule has 502 valence electrons. The Hall–Kier alpha value is -4.12. The molecule has 42 heteroatoms. The van der Waals surface area contributed by atoms with Crippen LogP contribution in [0.3, 0.4) is 0 Å². The molecular formula is C47H78N15O25P2-. The number of aromatic nitrogens is 7. The Morgan fingerprint density at radius 1 is 0.652 bits per heavy atom. The summed E-state index contributed by atoms with van der Waals surface area (Å²) in [5.41, 5.74) is 41.7. The lowest BCUT2D eigenvalue weighted by Crippen LogP contribution is -2.68. The normalized spacial score (nSPS) is 39.9. The summed E-state index contributed by atoms with van der Waals surface area (Å²) in [6.45, 7) is -2.55. The Kier molecular flexibility index (Phi) is 22.9. The van der Waals surface area contributed by atoms with Crippen LogP contribution in [0.15, 0.2) is 35.5 Å². The van der Waals surface area contributed by atoms with Crippen molar-refractivity contribution >= 4 is 21.5 Å². The maximum atomic E-state index is 13.4. The van der Waals surface area contributed by atoms with E-state index in [2.05, 4.69) is 20.3 Å². The van der Waals surface area contributed by atoms with E-state index in [1.165, 1.54) is 35.4 Å². The summed E-state index contributed by atoms with van der Waals surface area (Å²) in [7, 11) is -9.99. The number of nitrogens with two attached hydrogens (primary N) is 7. The zero-order chi connectivity index (χ0) is 64.4. The molecule has 0 bridgehead atoms. The molecule has 1 aliphatic carbocycles. The van der Waals surface area contributed by atoms with Crippen molar-refractivity contribution in [3.8, 4) is 6.01 Å². The topological polar surface area (TPSA) is 639 Å². The number of hydrogen-bond acceptors (Lipinski definition) is 35. The number of ether oxygens (including phenoxy) is 8. The lowest BCUT2D eigenvalue weighted by Gasteiger charge is -2.47. The first-order chi connectivity index (χ1) is 42.1. The van der Waals surface area contributed by atoms with Crippen LogP contribution in [0.5, 0.6) is 6.01 Å². The van der Waals surface area contributed by atoms with E-state index < -0.39 is 194 Å². The van der Waals surface area contributed by atoms with Gasteiger partial charge in [-0.15, -0.1) is 5.10 Å². The molecule has 0 aromatic carbocycles. The maximum absolute atomic E-state index is 13.4. The van der Waals surface area contributed by atoms with Crippen LogP contribution in [0.4, 0.5) is 5.82 Å². The molecule has 2 unspecified atom stereocenters. The van der Waals surface area contributed by atoms with E-state index in [4.69, 9.17) is 102 Å². The summed E-state index contributed by atoms with van der Waals surface area (Å²) >= 11 is 0. The van der Waals surface area contributed by atoms with Crippen LogP contribution in [0.2, 0.25) is 0 Å². The fraction of sp³-hybridized carbons (Fsp3) is 0.787. The number of nitrogens with zero attached hydrogens (tertiary/aromatic N) is 7. The van der Waals surface area contributed by atoms with Crippen LogP contribution in [-0.2, 0) is 78.1 Å². The minimum Gasteiger partial charge on any atom is -0.846 e. The summed E-state index contributed by atoms with van der Waals surface area (Å²) in [4.78, 5) is 41.5. The van der Waals surface area contributed by atoms with Gasteiger partial charge in [0, 0.05) is 56.6 Å². The average Bonchev–Trinajstić information content (AvgIpc) is 1.92. The van der Waals surface area contributed by atoms with Gasteiger partial charge < -0.3 is 133 Å². The highest BCUT2D eigenvalue weighted by atomic mass is 31.2. The molecule has 3 aromatic rings. The molecule has 6 fully saturated rings. The van der Waals surface area contributed by atoms with Crippen molar-refractivity contribution in [2.75, 3.05) is 38.6 Å². The quantitative estimate of drug-likeness (QED) is 0.0262. The number of hydrogen-bond donors (Lipinski definition) is 17. The molecule has 5 saturated heterocycles. The molecule has 40 nitrogen and oxygen atoms in total. The van der Waals surface area contributed by atoms with E-state index >= 15 is 0 Å². The molecule has 3 aromatic heterocycles. The minimum absolute atomic E-state index is 0.00245. The second kappa shape index (κ2) is 29.4. The largest absolute Gasteiger partial charge is 0.846 e. The van der Waals surface area contributed by atoms with E-state index in [0.29, 0.717) is 12.1 Å². The van der Waals surface area contributed by atoms with Crippen molar-refractivity contribution in [2.24, 2.45) is 34.4 Å². The molecule has 1 saturated carbocycles. The van der Waals surface area contributed by atoms with E-state index in [1.54, 1.807) is 0 Å². The standard InChI is InChI=1S/C47H79N15O25P2/c48-12-23-35(65)37(67)32(54)43(81-23)84-40-20(51)9-19(50)34(64)42(40)86-45-39(69)41(85-44-33(55)38(68)36(66)24(13-49)82-44)25(83-45)15-60-14-18(58-59-60)3-1-2-8-76-88(72,73)77-17-27-22(11-31(80-27)62-7-5-29(53)57-47(62)71)87-89(74,75)78-16-26-21(63)10-30(79-26)61-6-4-28(52)56-46(61)70/h4-7,14,19-27,30-45,63-69H,1-3,8-13,15-17,48-51,54-55H2,(H,72,73)(H,74,75)(H2,52,56,70)(H2,53,57,71)/p-1/t19-,20+,21+,22+,23-,24+,25-,26-,27-,30-,31-,32-,33-,34+,35-,36-,37-,38-,39-,40-,41-,42-,43-,44-,45+/m1/s1. The first-order valence-electron chi connectivity index (χ1n) is 28.4. The Bertz CT molecular complexity index is 3040. The fourth-order valence-corrected chi connectivity index (χ4v) is 12.8. The Morgan fingerprint density at radius 3 is 1.90 bits per heavy atom. The van der Waals surface area contributed by atoms with Crippen molar-refractivity contribution in [3.63, 3.8) is 0 Å². The Balaban J connectivity index is 0.797. The summed E-state index contributed by atoms with van der Waals surface area (Å²) < 4.78 is 99.0. The number of nitrogen functional groups attached to an aromatic ring is 1. The summed E-state index contributed by atoms with van der Waals surface area (Å²) in [5.74, 6) is -0.114. The summed E-state index contributed by atoms with van der Waals surface area (Å²) in [6.07, 6.45) is -24.9. The number of rotatable bonds is 26. The van der Waals surface area contributed by atoms with Crippen LogP contribution in [0, 0.1) is 5.41 Å². The number of aliphatic hydroxyl groups is 7. The third kappa shape index (κ3) is 16.5. The van der Waals surface area contributed by atoms with Gasteiger partial charge in [-0.05, 0) is 37.8 Å². The summed E-state index contributed by atoms with van der Waals surface area (Å²) in [6, 6.07) is -2.95. The number of aliphatic hydroxyl groups excluding tert-OH is 7. The summed E-state index contributed by atoms with van der Waals surface area (Å²) in [5, 5.41) is 105. The number of phosphoric acid groups is 2. The van der Waals surface area contributed by atoms with E-state index in [0.717, 1.165) is 9.13 Å². The van der Waals surface area contributed by atoms with Crippen LogP contribution in [0.1, 0.15) is 50.3 Å². The molecule has 0 spiro atoms. The van der Waals surface area contributed by atoms with Gasteiger partial charge in [0.25, 0.3) is 0 Å². The van der Waals surface area contributed by atoms with Gasteiger partial charge in [0.15, 0.2) is 18.9 Å².